The molecule has 3 aromatic rings. The summed E-state index contributed by atoms with van der Waals surface area (Å²) in [5.74, 6) is 0.522. The number of H-pyrrole nitrogens is 2. The van der Waals surface area contributed by atoms with Crippen molar-refractivity contribution >= 4 is 34.3 Å². The molecule has 0 radical (unpaired) electrons. The summed E-state index contributed by atoms with van der Waals surface area (Å²) in [5, 5.41) is 1.55. The van der Waals surface area contributed by atoms with Crippen LogP contribution < -0.4 is 11.1 Å². The van der Waals surface area contributed by atoms with E-state index in [4.69, 9.17) is 11.6 Å². The maximum Gasteiger partial charge on any atom is 0.313 e. The monoisotopic (exact) mass is 319 g/mol. The van der Waals surface area contributed by atoms with Crippen molar-refractivity contribution in [2.75, 3.05) is 0 Å². The van der Waals surface area contributed by atoms with Gasteiger partial charge in [-0.15, -0.1) is 11.8 Å². The van der Waals surface area contributed by atoms with Crippen molar-refractivity contribution in [2.45, 2.75) is 10.6 Å². The molecule has 106 valence electrons. The van der Waals surface area contributed by atoms with Crippen LogP contribution in [0.3, 0.4) is 0 Å². The second kappa shape index (κ2) is 5.75. The Labute approximate surface area is 128 Å². The summed E-state index contributed by atoms with van der Waals surface area (Å²) in [6.07, 6.45) is 3.20. The molecule has 7 heteroatoms. The number of nitrogens with zero attached hydrogens (tertiary/aromatic N) is 1. The van der Waals surface area contributed by atoms with Crippen LogP contribution in [0.1, 0.15) is 5.69 Å². The van der Waals surface area contributed by atoms with Gasteiger partial charge in [0.1, 0.15) is 0 Å². The molecule has 0 unspecified atom stereocenters. The SMILES string of the molecule is O=c1[nH]cc(CSc2cc(Cl)c3ncccc3c2)[nH]c1=O. The minimum atomic E-state index is -0.649. The van der Waals surface area contributed by atoms with Crippen molar-refractivity contribution in [3.05, 3.63) is 68.1 Å². The molecule has 0 saturated carbocycles. The molecule has 5 nitrogen and oxygen atoms in total. The molecule has 0 fully saturated rings. The quantitative estimate of drug-likeness (QED) is 0.574. The topological polar surface area (TPSA) is 78.6 Å². The lowest BCUT2D eigenvalue weighted by Crippen LogP contribution is -2.29. The standard InChI is InChI=1S/C14H10ClN3O2S/c15-11-5-10(4-8-2-1-3-16-12(8)11)21-7-9-6-17-13(19)14(20)18-9/h1-6H,7H2,(H,17,19)(H,18,20). The third-order valence-corrected chi connectivity index (χ3v) is 4.20. The molecule has 0 aliphatic carbocycles. The molecular weight excluding hydrogens is 310 g/mol. The Kier molecular flexibility index (Phi) is 3.81. The van der Waals surface area contributed by atoms with Crippen molar-refractivity contribution in [1.29, 1.82) is 0 Å². The van der Waals surface area contributed by atoms with Gasteiger partial charge in [-0.2, -0.15) is 0 Å². The zero-order chi connectivity index (χ0) is 14.8. The molecule has 2 aromatic heterocycles. The predicted octanol–water partition coefficient (Wildman–Crippen LogP) is 2.56. The predicted molar refractivity (Wildman–Crippen MR) is 84.0 cm³/mol. The molecule has 0 aliphatic heterocycles. The molecule has 3 rings (SSSR count). The number of aromatic nitrogens is 3. The smallest absolute Gasteiger partial charge is 0.313 e. The Balaban J connectivity index is 1.86. The van der Waals surface area contributed by atoms with E-state index < -0.39 is 11.1 Å². The Morgan fingerprint density at radius 3 is 2.90 bits per heavy atom. The van der Waals surface area contributed by atoms with E-state index in [9.17, 15) is 9.59 Å². The second-order valence-corrected chi connectivity index (χ2v) is 5.82. The number of hydrogen-bond donors (Lipinski definition) is 2. The fourth-order valence-electron chi connectivity index (χ4n) is 1.90. The largest absolute Gasteiger partial charge is 0.323 e. The van der Waals surface area contributed by atoms with Crippen molar-refractivity contribution in [3.63, 3.8) is 0 Å². The van der Waals surface area contributed by atoms with Gasteiger partial charge in [-0.25, -0.2) is 0 Å². The number of fused-ring (bicyclic) bond motifs is 1. The van der Waals surface area contributed by atoms with Crippen molar-refractivity contribution < 1.29 is 0 Å². The van der Waals surface area contributed by atoms with Crippen LogP contribution in [0, 0.1) is 0 Å². The number of pyridine rings is 1. The summed E-state index contributed by atoms with van der Waals surface area (Å²) in [7, 11) is 0. The number of nitrogens with one attached hydrogen (secondary N) is 2. The highest BCUT2D eigenvalue weighted by atomic mass is 35.5. The Bertz CT molecular complexity index is 920. The van der Waals surface area contributed by atoms with Crippen molar-refractivity contribution in [2.24, 2.45) is 0 Å². The van der Waals surface area contributed by atoms with Crippen molar-refractivity contribution in [3.8, 4) is 0 Å². The number of hydrogen-bond acceptors (Lipinski definition) is 4. The van der Waals surface area contributed by atoms with Gasteiger partial charge in [-0.1, -0.05) is 17.7 Å². The molecule has 2 N–H and O–H groups in total. The number of aromatic amines is 2. The Hall–Kier alpha value is -2.05. The minimum absolute atomic E-state index is 0.522. The van der Waals surface area contributed by atoms with E-state index >= 15 is 0 Å². The normalized spacial score (nSPS) is 10.9. The number of benzene rings is 1. The summed E-state index contributed by atoms with van der Waals surface area (Å²) >= 11 is 7.72. The first-order valence-electron chi connectivity index (χ1n) is 6.11. The molecule has 0 amide bonds. The maximum absolute atomic E-state index is 11.2. The van der Waals surface area contributed by atoms with Crippen LogP contribution in [-0.2, 0) is 5.75 Å². The maximum atomic E-state index is 11.2. The molecule has 21 heavy (non-hydrogen) atoms. The molecule has 0 spiro atoms. The van der Waals surface area contributed by atoms with Crippen LogP contribution in [0.5, 0.6) is 0 Å². The second-order valence-electron chi connectivity index (χ2n) is 4.37. The average Bonchev–Trinajstić information content (AvgIpc) is 2.49. The van der Waals surface area contributed by atoms with Gasteiger partial charge in [0.15, 0.2) is 0 Å². The van der Waals surface area contributed by atoms with E-state index in [2.05, 4.69) is 15.0 Å². The van der Waals surface area contributed by atoms with Gasteiger partial charge in [0.25, 0.3) is 0 Å². The minimum Gasteiger partial charge on any atom is -0.323 e. The van der Waals surface area contributed by atoms with Crippen molar-refractivity contribution in [1.82, 2.24) is 15.0 Å². The first-order valence-corrected chi connectivity index (χ1v) is 7.48. The van der Waals surface area contributed by atoms with E-state index in [0.717, 1.165) is 15.8 Å². The Morgan fingerprint density at radius 2 is 2.10 bits per heavy atom. The van der Waals surface area contributed by atoms with Gasteiger partial charge in [0.05, 0.1) is 10.5 Å². The Morgan fingerprint density at radius 1 is 1.24 bits per heavy atom. The molecule has 1 aromatic carbocycles. The zero-order valence-corrected chi connectivity index (χ0v) is 12.3. The molecular formula is C14H10ClN3O2S. The van der Waals surface area contributed by atoms with Gasteiger partial charge in [0.2, 0.25) is 0 Å². The van der Waals surface area contributed by atoms with Crippen LogP contribution >= 0.6 is 23.4 Å². The lowest BCUT2D eigenvalue weighted by molar-refractivity contribution is 1.01. The summed E-state index contributed by atoms with van der Waals surface area (Å²) in [4.78, 5) is 32.4. The summed E-state index contributed by atoms with van der Waals surface area (Å²) in [5.41, 5.74) is 0.116. The number of halogens is 1. The van der Waals surface area contributed by atoms with Crippen LogP contribution in [0.4, 0.5) is 0 Å². The first kappa shape index (κ1) is 13.9. The third kappa shape index (κ3) is 3.01. The van der Waals surface area contributed by atoms with Crippen LogP contribution in [0.15, 0.2) is 51.1 Å². The highest BCUT2D eigenvalue weighted by molar-refractivity contribution is 7.98. The fourth-order valence-corrected chi connectivity index (χ4v) is 3.13. The van der Waals surface area contributed by atoms with Gasteiger partial charge >= 0.3 is 11.1 Å². The summed E-state index contributed by atoms with van der Waals surface area (Å²) in [6.45, 7) is 0. The molecule has 2 heterocycles. The molecule has 0 aliphatic rings. The number of rotatable bonds is 3. The van der Waals surface area contributed by atoms with E-state index in [-0.39, 0.29) is 0 Å². The van der Waals surface area contributed by atoms with Gasteiger partial charge in [-0.3, -0.25) is 14.6 Å². The van der Waals surface area contributed by atoms with Gasteiger partial charge in [-0.05, 0) is 18.2 Å². The van der Waals surface area contributed by atoms with E-state index in [1.807, 2.05) is 24.3 Å². The van der Waals surface area contributed by atoms with Crippen LogP contribution in [0.25, 0.3) is 10.9 Å². The van der Waals surface area contributed by atoms with E-state index in [1.54, 1.807) is 6.20 Å². The average molecular weight is 320 g/mol. The summed E-state index contributed by atoms with van der Waals surface area (Å²) < 4.78 is 0. The lowest BCUT2D eigenvalue weighted by Gasteiger charge is -2.05. The van der Waals surface area contributed by atoms with Crippen LogP contribution in [0.2, 0.25) is 5.02 Å². The van der Waals surface area contributed by atoms with Gasteiger partial charge in [0, 0.05) is 34.1 Å². The first-order chi connectivity index (χ1) is 10.1. The van der Waals surface area contributed by atoms with Gasteiger partial charge < -0.3 is 9.97 Å². The number of thioether (sulfide) groups is 1. The third-order valence-electron chi connectivity index (χ3n) is 2.88. The van der Waals surface area contributed by atoms with E-state index in [0.29, 0.717) is 16.5 Å². The lowest BCUT2D eigenvalue weighted by atomic mass is 10.2. The fraction of sp³-hybridized carbons (Fsp3) is 0.0714. The van der Waals surface area contributed by atoms with Crippen LogP contribution in [-0.4, -0.2) is 15.0 Å². The molecule has 0 saturated heterocycles. The highest BCUT2D eigenvalue weighted by Crippen LogP contribution is 2.30. The zero-order valence-electron chi connectivity index (χ0n) is 10.7. The summed E-state index contributed by atoms with van der Waals surface area (Å²) in [6, 6.07) is 7.63. The highest BCUT2D eigenvalue weighted by Gasteiger charge is 2.05. The van der Waals surface area contributed by atoms with E-state index in [1.165, 1.54) is 18.0 Å². The molecule has 0 bridgehead atoms. The molecule has 0 atom stereocenters.